The number of fused-ring (bicyclic) bond motifs is 1. The van der Waals surface area contributed by atoms with Gasteiger partial charge in [0, 0.05) is 41.8 Å². The number of aromatic nitrogens is 1. The first kappa shape index (κ1) is 24.9. The summed E-state index contributed by atoms with van der Waals surface area (Å²) >= 11 is 0. The molecule has 186 valence electrons. The molecule has 8 nitrogen and oxygen atoms in total. The summed E-state index contributed by atoms with van der Waals surface area (Å²) in [6, 6.07) is 16.7. The Hall–Kier alpha value is -4.24. The number of benzene rings is 3. The maximum atomic E-state index is 12.9. The van der Waals surface area contributed by atoms with Crippen LogP contribution in [-0.2, 0) is 23.5 Å². The van der Waals surface area contributed by atoms with Crippen molar-refractivity contribution in [3.63, 3.8) is 0 Å². The van der Waals surface area contributed by atoms with E-state index in [9.17, 15) is 13.2 Å². The Morgan fingerprint density at radius 2 is 1.83 bits per heavy atom. The lowest BCUT2D eigenvalue weighted by atomic mass is 10.0. The van der Waals surface area contributed by atoms with Crippen LogP contribution < -0.4 is 19.9 Å². The van der Waals surface area contributed by atoms with Gasteiger partial charge in [0.05, 0.1) is 13.4 Å². The molecular weight excluding hydrogens is 478 g/mol. The molecule has 3 aromatic carbocycles. The molecule has 4 aromatic rings. The smallest absolute Gasteiger partial charge is 0.268 e. The Kier molecular flexibility index (Phi) is 7.03. The molecule has 0 saturated heterocycles. The maximum Gasteiger partial charge on any atom is 0.268 e. The van der Waals surface area contributed by atoms with E-state index in [0.717, 1.165) is 22.0 Å². The van der Waals surface area contributed by atoms with Gasteiger partial charge in [-0.2, -0.15) is 0 Å². The van der Waals surface area contributed by atoms with Crippen LogP contribution in [0.25, 0.3) is 10.9 Å². The molecule has 0 aliphatic carbocycles. The minimum absolute atomic E-state index is 0.111. The van der Waals surface area contributed by atoms with Crippen molar-refractivity contribution < 1.29 is 22.7 Å². The van der Waals surface area contributed by atoms with Crippen molar-refractivity contribution in [2.45, 2.75) is 18.2 Å². The molecule has 0 aliphatic heterocycles. The fourth-order valence-electron chi connectivity index (χ4n) is 4.02. The summed E-state index contributed by atoms with van der Waals surface area (Å²) < 4.78 is 40.9. The fourth-order valence-corrected chi connectivity index (χ4v) is 5.13. The van der Waals surface area contributed by atoms with Crippen LogP contribution in [0.4, 0.5) is 5.69 Å². The highest BCUT2D eigenvalue weighted by atomic mass is 32.2. The van der Waals surface area contributed by atoms with E-state index in [2.05, 4.69) is 4.72 Å². The number of nitrogens with zero attached hydrogens (tertiary/aromatic N) is 1. The highest BCUT2D eigenvalue weighted by Gasteiger charge is 2.23. The van der Waals surface area contributed by atoms with E-state index in [-0.39, 0.29) is 16.2 Å². The molecule has 3 N–H and O–H groups in total. The second kappa shape index (κ2) is 10.2. The van der Waals surface area contributed by atoms with Crippen LogP contribution in [0.2, 0.25) is 0 Å². The van der Waals surface area contributed by atoms with Crippen LogP contribution >= 0.6 is 0 Å². The Balaban J connectivity index is 1.60. The lowest BCUT2D eigenvalue weighted by molar-refractivity contribution is 0.0981. The van der Waals surface area contributed by atoms with Crippen LogP contribution in [0.15, 0.2) is 84.1 Å². The Morgan fingerprint density at radius 3 is 2.58 bits per heavy atom. The molecule has 0 radical (unpaired) electrons. The van der Waals surface area contributed by atoms with Crippen molar-refractivity contribution in [2.24, 2.45) is 7.05 Å². The van der Waals surface area contributed by atoms with Gasteiger partial charge in [-0.05, 0) is 60.5 Å². The minimum atomic E-state index is -4.19. The standard InChI is InChI=1S/C27H27N3O5S/c1-4-13-35-24-7-5-6-8-26(24)36(32,33)29-27(31)19-10-9-18(25(15-19)34-3)14-20-17-30(2)23-12-11-21(28)16-22(20)23/h4-13,15-17H,14,28H2,1-3H3,(H,29,31). The SMILES string of the molecule is CC=COc1ccccc1S(=O)(=O)NC(=O)c1ccc(Cc2cn(C)c3ccc(N)cc23)c(OC)c1. The van der Waals surface area contributed by atoms with Crippen molar-refractivity contribution >= 4 is 32.5 Å². The van der Waals surface area contributed by atoms with E-state index >= 15 is 0 Å². The zero-order valence-electron chi connectivity index (χ0n) is 20.2. The number of ether oxygens (including phenoxy) is 2. The van der Waals surface area contributed by atoms with Gasteiger partial charge < -0.3 is 19.8 Å². The summed E-state index contributed by atoms with van der Waals surface area (Å²) in [4.78, 5) is 12.8. The number of methoxy groups -OCH3 is 1. The average molecular weight is 506 g/mol. The number of aryl methyl sites for hydroxylation is 1. The van der Waals surface area contributed by atoms with Crippen molar-refractivity contribution in [2.75, 3.05) is 12.8 Å². The van der Waals surface area contributed by atoms with Crippen molar-refractivity contribution in [1.82, 2.24) is 9.29 Å². The van der Waals surface area contributed by atoms with E-state index in [1.54, 1.807) is 37.3 Å². The molecule has 0 spiro atoms. The van der Waals surface area contributed by atoms with Crippen LogP contribution in [0.5, 0.6) is 11.5 Å². The van der Waals surface area contributed by atoms with Gasteiger partial charge in [0.2, 0.25) is 0 Å². The molecule has 0 unspecified atom stereocenters. The Bertz CT molecular complexity index is 1570. The summed E-state index contributed by atoms with van der Waals surface area (Å²) in [5.41, 5.74) is 9.76. The second-order valence-corrected chi connectivity index (χ2v) is 9.86. The van der Waals surface area contributed by atoms with Gasteiger partial charge in [0.15, 0.2) is 0 Å². The van der Waals surface area contributed by atoms with Crippen molar-refractivity contribution in [3.05, 3.63) is 95.9 Å². The van der Waals surface area contributed by atoms with Gasteiger partial charge in [-0.3, -0.25) is 4.79 Å². The number of hydrogen-bond donors (Lipinski definition) is 2. The van der Waals surface area contributed by atoms with Gasteiger partial charge >= 0.3 is 0 Å². The van der Waals surface area contributed by atoms with Gasteiger partial charge in [-0.1, -0.05) is 24.3 Å². The molecule has 1 heterocycles. The third-order valence-electron chi connectivity index (χ3n) is 5.72. The topological polar surface area (TPSA) is 113 Å². The lowest BCUT2D eigenvalue weighted by Gasteiger charge is -2.13. The van der Waals surface area contributed by atoms with E-state index in [4.69, 9.17) is 15.2 Å². The molecule has 0 aliphatic rings. The predicted molar refractivity (Wildman–Crippen MR) is 140 cm³/mol. The number of carbonyl (C=O) groups excluding carboxylic acids is 1. The number of anilines is 1. The Labute approximate surface area is 210 Å². The highest BCUT2D eigenvalue weighted by molar-refractivity contribution is 7.90. The highest BCUT2D eigenvalue weighted by Crippen LogP contribution is 2.29. The molecule has 1 aromatic heterocycles. The van der Waals surface area contributed by atoms with E-state index in [1.807, 2.05) is 36.0 Å². The van der Waals surface area contributed by atoms with Crippen LogP contribution in [0.1, 0.15) is 28.4 Å². The molecule has 4 rings (SSSR count). The molecule has 0 bridgehead atoms. The third kappa shape index (κ3) is 5.06. The Morgan fingerprint density at radius 1 is 1.06 bits per heavy atom. The van der Waals surface area contributed by atoms with Crippen LogP contribution in [0, 0.1) is 0 Å². The van der Waals surface area contributed by atoms with Gasteiger partial charge in [-0.25, -0.2) is 13.1 Å². The number of nitrogens with two attached hydrogens (primary N) is 1. The first-order valence-corrected chi connectivity index (χ1v) is 12.7. The summed E-state index contributed by atoms with van der Waals surface area (Å²) in [5, 5.41) is 1.03. The third-order valence-corrected chi connectivity index (χ3v) is 7.09. The summed E-state index contributed by atoms with van der Waals surface area (Å²) in [6.07, 6.45) is 5.57. The molecule has 9 heteroatoms. The van der Waals surface area contributed by atoms with E-state index in [1.165, 1.54) is 31.6 Å². The normalized spacial score (nSPS) is 11.6. The van der Waals surface area contributed by atoms with Crippen LogP contribution in [-0.4, -0.2) is 26.0 Å². The zero-order chi connectivity index (χ0) is 25.9. The molecule has 0 fully saturated rings. The van der Waals surface area contributed by atoms with Crippen molar-refractivity contribution in [3.8, 4) is 11.5 Å². The van der Waals surface area contributed by atoms with Crippen molar-refractivity contribution in [1.29, 1.82) is 0 Å². The first-order valence-electron chi connectivity index (χ1n) is 11.2. The lowest BCUT2D eigenvalue weighted by Crippen LogP contribution is -2.30. The summed E-state index contributed by atoms with van der Waals surface area (Å²) in [6.45, 7) is 1.74. The molecule has 0 saturated carbocycles. The maximum absolute atomic E-state index is 12.9. The molecule has 1 amide bonds. The number of rotatable bonds is 8. The molecule has 36 heavy (non-hydrogen) atoms. The number of sulfonamides is 1. The number of para-hydroxylation sites is 1. The number of nitrogen functional groups attached to an aromatic ring is 1. The van der Waals surface area contributed by atoms with E-state index < -0.39 is 15.9 Å². The number of carbonyl (C=O) groups is 1. The largest absolute Gasteiger partial charge is 0.496 e. The summed E-state index contributed by atoms with van der Waals surface area (Å²) in [5.74, 6) is -0.198. The van der Waals surface area contributed by atoms with Gasteiger partial charge in [0.25, 0.3) is 15.9 Å². The average Bonchev–Trinajstić information content (AvgIpc) is 3.16. The van der Waals surface area contributed by atoms with Crippen LogP contribution in [0.3, 0.4) is 0 Å². The second-order valence-electron chi connectivity index (χ2n) is 8.21. The quantitative estimate of drug-likeness (QED) is 0.271. The first-order chi connectivity index (χ1) is 17.2. The summed E-state index contributed by atoms with van der Waals surface area (Å²) in [7, 11) is -0.712. The number of allylic oxidation sites excluding steroid dienone is 1. The molecule has 0 atom stereocenters. The predicted octanol–water partition coefficient (Wildman–Crippen LogP) is 4.39. The number of nitrogens with one attached hydrogen (secondary N) is 1. The van der Waals surface area contributed by atoms with E-state index in [0.29, 0.717) is 17.9 Å². The monoisotopic (exact) mass is 505 g/mol. The van der Waals surface area contributed by atoms with Gasteiger partial charge in [-0.15, -0.1) is 0 Å². The minimum Gasteiger partial charge on any atom is -0.496 e. The zero-order valence-corrected chi connectivity index (χ0v) is 21.0. The number of amides is 1. The number of hydrogen-bond acceptors (Lipinski definition) is 6. The fraction of sp³-hybridized carbons (Fsp3) is 0.148. The molecular formula is C27H27N3O5S. The van der Waals surface area contributed by atoms with Gasteiger partial charge in [0.1, 0.15) is 16.4 Å².